The van der Waals surface area contributed by atoms with Gasteiger partial charge < -0.3 is 15.2 Å². The summed E-state index contributed by atoms with van der Waals surface area (Å²) >= 11 is 3.29. The highest BCUT2D eigenvalue weighted by atomic mass is 79.9. The first-order valence-electron chi connectivity index (χ1n) is 6.27. The van der Waals surface area contributed by atoms with Gasteiger partial charge in [0.1, 0.15) is 11.8 Å². The second-order valence-corrected chi connectivity index (χ2v) is 5.44. The van der Waals surface area contributed by atoms with Gasteiger partial charge in [-0.05, 0) is 24.1 Å². The SMILES string of the molecule is CCC(C)C(NC(=O)c1ccc(Br)cc1OC)C(=O)O. The Morgan fingerprint density at radius 1 is 1.45 bits per heavy atom. The van der Waals surface area contributed by atoms with E-state index in [0.717, 1.165) is 4.47 Å². The number of methoxy groups -OCH3 is 1. The number of hydrogen-bond acceptors (Lipinski definition) is 3. The summed E-state index contributed by atoms with van der Waals surface area (Å²) in [5.74, 6) is -1.26. The number of carbonyl (C=O) groups is 2. The summed E-state index contributed by atoms with van der Waals surface area (Å²) in [5.41, 5.74) is 0.310. The quantitative estimate of drug-likeness (QED) is 0.832. The monoisotopic (exact) mass is 343 g/mol. The molecule has 1 rings (SSSR count). The van der Waals surface area contributed by atoms with E-state index >= 15 is 0 Å². The summed E-state index contributed by atoms with van der Waals surface area (Å²) in [7, 11) is 1.46. The van der Waals surface area contributed by atoms with Crippen LogP contribution in [-0.4, -0.2) is 30.1 Å². The number of benzene rings is 1. The number of amides is 1. The van der Waals surface area contributed by atoms with Crippen molar-refractivity contribution < 1.29 is 19.4 Å². The molecule has 5 nitrogen and oxygen atoms in total. The lowest BCUT2D eigenvalue weighted by atomic mass is 9.99. The Morgan fingerprint density at radius 2 is 2.10 bits per heavy atom. The van der Waals surface area contributed by atoms with Crippen molar-refractivity contribution in [2.45, 2.75) is 26.3 Å². The molecule has 0 bridgehead atoms. The van der Waals surface area contributed by atoms with E-state index < -0.39 is 17.9 Å². The number of nitrogens with one attached hydrogen (secondary N) is 1. The van der Waals surface area contributed by atoms with E-state index in [1.54, 1.807) is 25.1 Å². The Kier molecular flexibility index (Phi) is 6.01. The topological polar surface area (TPSA) is 75.6 Å². The standard InChI is InChI=1S/C14H18BrNO4/c1-4-8(2)12(14(18)19)16-13(17)10-6-5-9(15)7-11(10)20-3/h5-8,12H,4H2,1-3H3,(H,16,17)(H,18,19). The lowest BCUT2D eigenvalue weighted by Gasteiger charge is -2.20. The van der Waals surface area contributed by atoms with Gasteiger partial charge in [-0.1, -0.05) is 36.2 Å². The molecule has 20 heavy (non-hydrogen) atoms. The fourth-order valence-electron chi connectivity index (χ4n) is 1.75. The predicted octanol–water partition coefficient (Wildman–Crippen LogP) is 2.69. The van der Waals surface area contributed by atoms with E-state index in [0.29, 0.717) is 17.7 Å². The maximum Gasteiger partial charge on any atom is 0.326 e. The van der Waals surface area contributed by atoms with Crippen LogP contribution in [0.2, 0.25) is 0 Å². The lowest BCUT2D eigenvalue weighted by molar-refractivity contribution is -0.140. The van der Waals surface area contributed by atoms with E-state index in [1.165, 1.54) is 7.11 Å². The molecule has 1 aromatic carbocycles. The van der Waals surface area contributed by atoms with Crippen molar-refractivity contribution in [3.63, 3.8) is 0 Å². The van der Waals surface area contributed by atoms with Gasteiger partial charge in [-0.3, -0.25) is 4.79 Å². The number of ether oxygens (including phenoxy) is 1. The molecule has 0 aliphatic heterocycles. The molecule has 1 amide bonds. The molecule has 0 saturated carbocycles. The molecule has 0 aliphatic rings. The molecule has 0 spiro atoms. The molecule has 1 aromatic rings. The van der Waals surface area contributed by atoms with E-state index in [1.807, 2.05) is 6.92 Å². The first-order chi connectivity index (χ1) is 9.40. The summed E-state index contributed by atoms with van der Waals surface area (Å²) in [6.45, 7) is 3.67. The molecular weight excluding hydrogens is 326 g/mol. The number of carboxylic acids is 1. The fourth-order valence-corrected chi connectivity index (χ4v) is 2.09. The third-order valence-electron chi connectivity index (χ3n) is 3.17. The zero-order valence-electron chi connectivity index (χ0n) is 11.6. The van der Waals surface area contributed by atoms with Gasteiger partial charge in [-0.15, -0.1) is 0 Å². The molecule has 6 heteroatoms. The smallest absolute Gasteiger partial charge is 0.326 e. The van der Waals surface area contributed by atoms with Gasteiger partial charge in [-0.25, -0.2) is 4.79 Å². The Balaban J connectivity index is 2.97. The molecule has 0 saturated heterocycles. The molecule has 2 atom stereocenters. The minimum absolute atomic E-state index is 0.155. The molecule has 0 aliphatic carbocycles. The molecular formula is C14H18BrNO4. The highest BCUT2D eigenvalue weighted by Crippen LogP contribution is 2.23. The highest BCUT2D eigenvalue weighted by Gasteiger charge is 2.26. The third-order valence-corrected chi connectivity index (χ3v) is 3.67. The fraction of sp³-hybridized carbons (Fsp3) is 0.429. The van der Waals surface area contributed by atoms with Crippen LogP contribution in [0.15, 0.2) is 22.7 Å². The summed E-state index contributed by atoms with van der Waals surface area (Å²) in [5, 5.41) is 11.7. The number of hydrogen-bond donors (Lipinski definition) is 2. The van der Waals surface area contributed by atoms with Gasteiger partial charge >= 0.3 is 5.97 Å². The minimum atomic E-state index is -1.04. The van der Waals surface area contributed by atoms with Gasteiger partial charge in [0, 0.05) is 4.47 Å². The summed E-state index contributed by atoms with van der Waals surface area (Å²) < 4.78 is 5.92. The van der Waals surface area contributed by atoms with Crippen LogP contribution in [-0.2, 0) is 4.79 Å². The maximum atomic E-state index is 12.2. The number of aliphatic carboxylic acids is 1. The van der Waals surface area contributed by atoms with Gasteiger partial charge in [0.15, 0.2) is 0 Å². The van der Waals surface area contributed by atoms with Crippen LogP contribution in [0.4, 0.5) is 0 Å². The van der Waals surface area contributed by atoms with Crippen LogP contribution < -0.4 is 10.1 Å². The first-order valence-corrected chi connectivity index (χ1v) is 7.07. The summed E-state index contributed by atoms with van der Waals surface area (Å²) in [6.07, 6.45) is 0.661. The Bertz CT molecular complexity index is 504. The number of carbonyl (C=O) groups excluding carboxylic acids is 1. The first kappa shape index (κ1) is 16.5. The van der Waals surface area contributed by atoms with Gasteiger partial charge in [0.25, 0.3) is 5.91 Å². The average Bonchev–Trinajstić information content (AvgIpc) is 2.42. The average molecular weight is 344 g/mol. The van der Waals surface area contributed by atoms with Crippen LogP contribution in [0.25, 0.3) is 0 Å². The van der Waals surface area contributed by atoms with Crippen molar-refractivity contribution in [2.24, 2.45) is 5.92 Å². The minimum Gasteiger partial charge on any atom is -0.496 e. The Labute approximate surface area is 126 Å². The van der Waals surface area contributed by atoms with Crippen molar-refractivity contribution in [3.8, 4) is 5.75 Å². The molecule has 0 aromatic heterocycles. The third kappa shape index (κ3) is 3.96. The van der Waals surface area contributed by atoms with Crippen molar-refractivity contribution >= 4 is 27.8 Å². The number of rotatable bonds is 6. The van der Waals surface area contributed by atoms with Gasteiger partial charge in [-0.2, -0.15) is 0 Å². The van der Waals surface area contributed by atoms with Crippen molar-refractivity contribution in [2.75, 3.05) is 7.11 Å². The second-order valence-electron chi connectivity index (χ2n) is 4.52. The highest BCUT2D eigenvalue weighted by molar-refractivity contribution is 9.10. The van der Waals surface area contributed by atoms with Crippen molar-refractivity contribution in [1.82, 2.24) is 5.32 Å². The second kappa shape index (κ2) is 7.28. The molecule has 2 unspecified atom stereocenters. The van der Waals surface area contributed by atoms with Crippen LogP contribution in [0.5, 0.6) is 5.75 Å². The zero-order valence-corrected chi connectivity index (χ0v) is 13.2. The largest absolute Gasteiger partial charge is 0.496 e. The zero-order chi connectivity index (χ0) is 15.3. The van der Waals surface area contributed by atoms with Crippen LogP contribution >= 0.6 is 15.9 Å². The Hall–Kier alpha value is -1.56. The summed E-state index contributed by atoms with van der Waals surface area (Å²) in [6, 6.07) is 4.04. The maximum absolute atomic E-state index is 12.2. The van der Waals surface area contributed by atoms with E-state index in [4.69, 9.17) is 4.74 Å². The number of carboxylic acid groups (broad SMARTS) is 1. The van der Waals surface area contributed by atoms with Crippen LogP contribution in [0.3, 0.4) is 0 Å². The van der Waals surface area contributed by atoms with Gasteiger partial charge in [0.2, 0.25) is 0 Å². The van der Waals surface area contributed by atoms with E-state index in [2.05, 4.69) is 21.2 Å². The molecule has 0 fully saturated rings. The normalized spacial score (nSPS) is 13.4. The van der Waals surface area contributed by atoms with Crippen LogP contribution in [0.1, 0.15) is 30.6 Å². The Morgan fingerprint density at radius 3 is 2.60 bits per heavy atom. The number of halogens is 1. The van der Waals surface area contributed by atoms with E-state index in [-0.39, 0.29) is 5.92 Å². The van der Waals surface area contributed by atoms with Crippen molar-refractivity contribution in [3.05, 3.63) is 28.2 Å². The predicted molar refractivity (Wildman–Crippen MR) is 79.0 cm³/mol. The lowest BCUT2D eigenvalue weighted by Crippen LogP contribution is -2.45. The molecule has 0 radical (unpaired) electrons. The molecule has 2 N–H and O–H groups in total. The summed E-state index contributed by atoms with van der Waals surface area (Å²) in [4.78, 5) is 23.4. The van der Waals surface area contributed by atoms with E-state index in [9.17, 15) is 14.7 Å². The molecule has 110 valence electrons. The van der Waals surface area contributed by atoms with Gasteiger partial charge in [0.05, 0.1) is 12.7 Å². The molecule has 0 heterocycles. The van der Waals surface area contributed by atoms with Crippen LogP contribution in [0, 0.1) is 5.92 Å². The van der Waals surface area contributed by atoms with Crippen molar-refractivity contribution in [1.29, 1.82) is 0 Å².